The van der Waals surface area contributed by atoms with Crippen molar-refractivity contribution in [3.05, 3.63) is 63.7 Å². The minimum Gasteiger partial charge on any atom is -0.497 e. The number of nitro groups is 1. The number of nitro benzene ring substituents is 1. The smallest absolute Gasteiger partial charge is 0.416 e. The Morgan fingerprint density at radius 3 is 2.45 bits per heavy atom. The Balaban J connectivity index is 1.58. The van der Waals surface area contributed by atoms with Gasteiger partial charge in [-0.05, 0) is 29.8 Å². The van der Waals surface area contributed by atoms with Crippen molar-refractivity contribution in [3.63, 3.8) is 0 Å². The van der Waals surface area contributed by atoms with Gasteiger partial charge in [-0.25, -0.2) is 0 Å². The van der Waals surface area contributed by atoms with Gasteiger partial charge in [0.2, 0.25) is 5.91 Å². The van der Waals surface area contributed by atoms with Gasteiger partial charge in [0.05, 0.1) is 24.1 Å². The topological polar surface area (TPSA) is 79.2 Å². The maximum atomic E-state index is 12.9. The van der Waals surface area contributed by atoms with E-state index in [9.17, 15) is 28.1 Å². The molecule has 2 aromatic rings. The van der Waals surface area contributed by atoms with Gasteiger partial charge >= 0.3 is 6.18 Å². The first-order valence-corrected chi connectivity index (χ1v) is 10.3. The SMILES string of the molecule is COc1cccc(CN(C)C(=O)CN2CCN(c3ccc(C(F)(F)F)cc3[N+](=O)[O-])CC2)c1. The van der Waals surface area contributed by atoms with Crippen LogP contribution in [0.25, 0.3) is 0 Å². The number of nitrogens with zero attached hydrogens (tertiary/aromatic N) is 4. The van der Waals surface area contributed by atoms with Crippen LogP contribution in [0.15, 0.2) is 42.5 Å². The summed E-state index contributed by atoms with van der Waals surface area (Å²) in [6, 6.07) is 10.0. The van der Waals surface area contributed by atoms with Crippen LogP contribution < -0.4 is 9.64 Å². The Hall–Kier alpha value is -3.34. The lowest BCUT2D eigenvalue weighted by atomic mass is 10.1. The van der Waals surface area contributed by atoms with Gasteiger partial charge in [-0.15, -0.1) is 0 Å². The number of methoxy groups -OCH3 is 1. The summed E-state index contributed by atoms with van der Waals surface area (Å²) < 4.78 is 44.0. The molecule has 0 spiro atoms. The van der Waals surface area contributed by atoms with Crippen molar-refractivity contribution in [2.24, 2.45) is 0 Å². The second kappa shape index (κ2) is 10.1. The standard InChI is InChI=1S/C22H25F3N4O4/c1-26(14-16-4-3-5-18(12-16)33-2)21(30)15-27-8-10-28(11-9-27)19-7-6-17(22(23,24)25)13-20(19)29(31)32/h3-7,12-13H,8-11,14-15H2,1-2H3. The van der Waals surface area contributed by atoms with E-state index >= 15 is 0 Å². The molecule has 1 amide bonds. The Kier molecular flexibility index (Phi) is 7.42. The summed E-state index contributed by atoms with van der Waals surface area (Å²) in [5, 5.41) is 11.4. The molecule has 8 nitrogen and oxygen atoms in total. The van der Waals surface area contributed by atoms with Crippen molar-refractivity contribution in [1.29, 1.82) is 0 Å². The number of rotatable bonds is 7. The van der Waals surface area contributed by atoms with E-state index in [2.05, 4.69) is 0 Å². The Morgan fingerprint density at radius 1 is 1.15 bits per heavy atom. The summed E-state index contributed by atoms with van der Waals surface area (Å²) in [5.41, 5.74) is -0.549. The molecule has 0 radical (unpaired) electrons. The average Bonchev–Trinajstić information content (AvgIpc) is 2.78. The lowest BCUT2D eigenvalue weighted by Crippen LogP contribution is -2.49. The van der Waals surface area contributed by atoms with Gasteiger partial charge in [0, 0.05) is 45.8 Å². The molecule has 0 atom stereocenters. The third-order valence-electron chi connectivity index (χ3n) is 5.55. The number of alkyl halides is 3. The lowest BCUT2D eigenvalue weighted by molar-refractivity contribution is -0.384. The molecular weight excluding hydrogens is 441 g/mol. The predicted octanol–water partition coefficient (Wildman–Crippen LogP) is 3.40. The number of hydrogen-bond acceptors (Lipinski definition) is 6. The zero-order valence-electron chi connectivity index (χ0n) is 18.3. The number of anilines is 1. The number of carbonyl (C=O) groups excluding carboxylic acids is 1. The number of amides is 1. The number of halogens is 3. The van der Waals surface area contributed by atoms with E-state index in [-0.39, 0.29) is 18.1 Å². The minimum absolute atomic E-state index is 0.0771. The van der Waals surface area contributed by atoms with Crippen molar-refractivity contribution in [1.82, 2.24) is 9.80 Å². The van der Waals surface area contributed by atoms with E-state index in [1.807, 2.05) is 29.2 Å². The lowest BCUT2D eigenvalue weighted by Gasteiger charge is -2.36. The molecule has 1 aliphatic heterocycles. The fourth-order valence-electron chi connectivity index (χ4n) is 3.71. The number of benzene rings is 2. The summed E-state index contributed by atoms with van der Waals surface area (Å²) in [6.45, 7) is 2.24. The molecule has 3 rings (SSSR count). The maximum Gasteiger partial charge on any atom is 0.416 e. The maximum absolute atomic E-state index is 12.9. The van der Waals surface area contributed by atoms with E-state index in [1.165, 1.54) is 0 Å². The molecule has 1 aliphatic rings. The van der Waals surface area contributed by atoms with Gasteiger partial charge in [-0.1, -0.05) is 12.1 Å². The first-order valence-electron chi connectivity index (χ1n) is 10.3. The zero-order valence-corrected chi connectivity index (χ0v) is 18.3. The fourth-order valence-corrected chi connectivity index (χ4v) is 3.71. The average molecular weight is 466 g/mol. The van der Waals surface area contributed by atoms with Crippen molar-refractivity contribution in [2.45, 2.75) is 12.7 Å². The number of piperazine rings is 1. The fraction of sp³-hybridized carbons (Fsp3) is 0.409. The minimum atomic E-state index is -4.65. The Bertz CT molecular complexity index is 1010. The van der Waals surface area contributed by atoms with Gasteiger partial charge in [-0.2, -0.15) is 13.2 Å². The van der Waals surface area contributed by atoms with Gasteiger partial charge in [0.1, 0.15) is 11.4 Å². The summed E-state index contributed by atoms with van der Waals surface area (Å²) in [5.74, 6) is 0.633. The third-order valence-corrected chi connectivity index (χ3v) is 5.55. The van der Waals surface area contributed by atoms with E-state index in [4.69, 9.17) is 4.74 Å². The van der Waals surface area contributed by atoms with Crippen LogP contribution in [-0.4, -0.2) is 67.5 Å². The first-order chi connectivity index (χ1) is 15.6. The number of ether oxygens (including phenoxy) is 1. The quantitative estimate of drug-likeness (QED) is 0.460. The summed E-state index contributed by atoms with van der Waals surface area (Å²) in [7, 11) is 3.29. The predicted molar refractivity (Wildman–Crippen MR) is 116 cm³/mol. The second-order valence-corrected chi connectivity index (χ2v) is 7.82. The van der Waals surface area contributed by atoms with Crippen molar-refractivity contribution < 1.29 is 27.6 Å². The highest BCUT2D eigenvalue weighted by Gasteiger charge is 2.34. The Labute approximate surface area is 189 Å². The molecule has 33 heavy (non-hydrogen) atoms. The highest BCUT2D eigenvalue weighted by molar-refractivity contribution is 5.78. The van der Waals surface area contributed by atoms with Crippen LogP contribution in [0.1, 0.15) is 11.1 Å². The van der Waals surface area contributed by atoms with Crippen molar-refractivity contribution in [2.75, 3.05) is 51.8 Å². The monoisotopic (exact) mass is 466 g/mol. The van der Waals surface area contributed by atoms with E-state index in [1.54, 1.807) is 24.0 Å². The van der Waals surface area contributed by atoms with Crippen molar-refractivity contribution >= 4 is 17.3 Å². The molecule has 2 aromatic carbocycles. The molecule has 178 valence electrons. The Morgan fingerprint density at radius 2 is 1.85 bits per heavy atom. The van der Waals surface area contributed by atoms with Gasteiger partial charge in [0.25, 0.3) is 5.69 Å². The second-order valence-electron chi connectivity index (χ2n) is 7.82. The molecule has 11 heteroatoms. The highest BCUT2D eigenvalue weighted by atomic mass is 19.4. The summed E-state index contributed by atoms with van der Waals surface area (Å²) in [4.78, 5) is 28.4. The van der Waals surface area contributed by atoms with Crippen molar-refractivity contribution in [3.8, 4) is 5.75 Å². The molecule has 0 N–H and O–H groups in total. The van der Waals surface area contributed by atoms with Gasteiger partial charge < -0.3 is 14.5 Å². The van der Waals surface area contributed by atoms with Crippen LogP contribution in [0.5, 0.6) is 5.75 Å². The van der Waals surface area contributed by atoms with Crippen LogP contribution in [0.2, 0.25) is 0 Å². The number of hydrogen-bond donors (Lipinski definition) is 0. The molecule has 1 fully saturated rings. The van der Waals surface area contributed by atoms with Gasteiger partial charge in [-0.3, -0.25) is 19.8 Å². The summed E-state index contributed by atoms with van der Waals surface area (Å²) >= 11 is 0. The molecule has 1 heterocycles. The molecule has 0 unspecified atom stereocenters. The summed E-state index contributed by atoms with van der Waals surface area (Å²) in [6.07, 6.45) is -4.65. The molecular formula is C22H25F3N4O4. The third kappa shape index (κ3) is 6.13. The zero-order chi connectivity index (χ0) is 24.2. The van der Waals surface area contributed by atoms with Crippen LogP contribution in [0, 0.1) is 10.1 Å². The number of likely N-dealkylation sites (N-methyl/N-ethyl adjacent to an activating group) is 1. The highest BCUT2D eigenvalue weighted by Crippen LogP contribution is 2.36. The first kappa shape index (κ1) is 24.3. The van der Waals surface area contributed by atoms with Gasteiger partial charge in [0.15, 0.2) is 0 Å². The molecule has 0 saturated carbocycles. The normalized spacial score (nSPS) is 14.8. The van der Waals surface area contributed by atoms with Crippen LogP contribution in [0.4, 0.5) is 24.5 Å². The van der Waals surface area contributed by atoms with E-state index in [0.717, 1.165) is 17.7 Å². The van der Waals surface area contributed by atoms with Crippen LogP contribution in [-0.2, 0) is 17.5 Å². The van der Waals surface area contributed by atoms with E-state index in [0.29, 0.717) is 44.5 Å². The molecule has 0 aromatic heterocycles. The largest absolute Gasteiger partial charge is 0.497 e. The molecule has 0 aliphatic carbocycles. The molecule has 0 bridgehead atoms. The van der Waals surface area contributed by atoms with Crippen LogP contribution in [0.3, 0.4) is 0 Å². The molecule has 1 saturated heterocycles. The van der Waals surface area contributed by atoms with E-state index < -0.39 is 22.4 Å². The number of carbonyl (C=O) groups is 1. The van der Waals surface area contributed by atoms with Crippen LogP contribution >= 0.6 is 0 Å².